The van der Waals surface area contributed by atoms with Crippen molar-refractivity contribution in [3.8, 4) is 5.75 Å². The number of benzene rings is 2. The van der Waals surface area contributed by atoms with Crippen molar-refractivity contribution >= 4 is 0 Å². The smallest absolute Gasteiger partial charge is 0.123 e. The number of nitrogens with one attached hydrogen (secondary N) is 1. The number of halogens is 1. The van der Waals surface area contributed by atoms with E-state index >= 15 is 0 Å². The van der Waals surface area contributed by atoms with Crippen LogP contribution in [0.4, 0.5) is 4.39 Å². The number of aryl methyl sites for hydroxylation is 1. The number of nitrogens with two attached hydrogens (primary N) is 1. The molecule has 2 rings (SSSR count). The minimum absolute atomic E-state index is 0.0467. The molecule has 0 aromatic heterocycles. The molecule has 2 aromatic rings. The first-order valence-electron chi connectivity index (χ1n) is 7.08. The lowest BCUT2D eigenvalue weighted by atomic mass is 9.96. The summed E-state index contributed by atoms with van der Waals surface area (Å²) in [6.07, 6.45) is 0.693. The van der Waals surface area contributed by atoms with Crippen LogP contribution in [-0.4, -0.2) is 6.61 Å². The molecule has 0 spiro atoms. The van der Waals surface area contributed by atoms with E-state index in [0.29, 0.717) is 13.0 Å². The Kier molecular flexibility index (Phi) is 5.31. The fourth-order valence-electron chi connectivity index (χ4n) is 2.37. The van der Waals surface area contributed by atoms with Gasteiger partial charge in [-0.25, -0.2) is 4.39 Å². The minimum Gasteiger partial charge on any atom is -0.494 e. The minimum atomic E-state index is -0.216. The van der Waals surface area contributed by atoms with E-state index in [-0.39, 0.29) is 11.9 Å². The summed E-state index contributed by atoms with van der Waals surface area (Å²) >= 11 is 0. The average Bonchev–Trinajstić information content (AvgIpc) is 2.47. The third-order valence-corrected chi connectivity index (χ3v) is 3.50. The van der Waals surface area contributed by atoms with Gasteiger partial charge < -0.3 is 4.74 Å². The standard InChI is InChI=1S/C17H21FN2O/c1-3-21-16-6-4-5-14(10-16)17(20-19)11-13-7-8-15(18)9-12(13)2/h4-10,17,20H,3,11,19H2,1-2H3. The van der Waals surface area contributed by atoms with Crippen molar-refractivity contribution in [2.24, 2.45) is 5.84 Å². The summed E-state index contributed by atoms with van der Waals surface area (Å²) in [5.41, 5.74) is 5.87. The number of hydrogen-bond donors (Lipinski definition) is 2. The summed E-state index contributed by atoms with van der Waals surface area (Å²) in [4.78, 5) is 0. The Morgan fingerprint density at radius 2 is 2.05 bits per heavy atom. The van der Waals surface area contributed by atoms with Crippen molar-refractivity contribution in [1.29, 1.82) is 0 Å². The average molecular weight is 288 g/mol. The number of hydrazine groups is 1. The van der Waals surface area contributed by atoms with Crippen molar-refractivity contribution in [3.63, 3.8) is 0 Å². The number of hydrogen-bond acceptors (Lipinski definition) is 3. The van der Waals surface area contributed by atoms with Crippen LogP contribution in [0.5, 0.6) is 5.75 Å². The predicted octanol–water partition coefficient (Wildman–Crippen LogP) is 3.28. The zero-order valence-corrected chi connectivity index (χ0v) is 12.4. The Morgan fingerprint density at radius 1 is 1.24 bits per heavy atom. The second-order valence-electron chi connectivity index (χ2n) is 5.00. The quantitative estimate of drug-likeness (QED) is 0.633. The first-order chi connectivity index (χ1) is 10.1. The van der Waals surface area contributed by atoms with Gasteiger partial charge in [-0.15, -0.1) is 0 Å². The summed E-state index contributed by atoms with van der Waals surface area (Å²) in [7, 11) is 0. The molecular weight excluding hydrogens is 267 g/mol. The molecule has 0 aliphatic rings. The zero-order valence-electron chi connectivity index (χ0n) is 12.4. The van der Waals surface area contributed by atoms with Gasteiger partial charge in [0.2, 0.25) is 0 Å². The van der Waals surface area contributed by atoms with Gasteiger partial charge in [0.25, 0.3) is 0 Å². The number of ether oxygens (including phenoxy) is 1. The zero-order chi connectivity index (χ0) is 15.2. The van der Waals surface area contributed by atoms with Gasteiger partial charge in [-0.3, -0.25) is 11.3 Å². The van der Waals surface area contributed by atoms with Crippen molar-refractivity contribution in [3.05, 3.63) is 65.0 Å². The van der Waals surface area contributed by atoms with Crippen LogP contribution in [0.1, 0.15) is 29.7 Å². The highest BCUT2D eigenvalue weighted by molar-refractivity contribution is 5.33. The van der Waals surface area contributed by atoms with Crippen molar-refractivity contribution in [2.45, 2.75) is 26.3 Å². The Hall–Kier alpha value is -1.91. The van der Waals surface area contributed by atoms with Crippen LogP contribution in [0.25, 0.3) is 0 Å². The Balaban J connectivity index is 2.21. The fourth-order valence-corrected chi connectivity index (χ4v) is 2.37. The van der Waals surface area contributed by atoms with E-state index in [1.165, 1.54) is 6.07 Å². The highest BCUT2D eigenvalue weighted by Gasteiger charge is 2.13. The van der Waals surface area contributed by atoms with E-state index in [2.05, 4.69) is 5.43 Å². The predicted molar refractivity (Wildman–Crippen MR) is 82.5 cm³/mol. The molecule has 2 aromatic carbocycles. The van der Waals surface area contributed by atoms with E-state index in [0.717, 1.165) is 22.4 Å². The van der Waals surface area contributed by atoms with Crippen LogP contribution >= 0.6 is 0 Å². The van der Waals surface area contributed by atoms with Gasteiger partial charge in [0.15, 0.2) is 0 Å². The lowest BCUT2D eigenvalue weighted by Gasteiger charge is -2.18. The molecule has 0 amide bonds. The lowest BCUT2D eigenvalue weighted by Crippen LogP contribution is -2.29. The molecule has 3 nitrogen and oxygen atoms in total. The maximum Gasteiger partial charge on any atom is 0.123 e. The van der Waals surface area contributed by atoms with Gasteiger partial charge in [0.05, 0.1) is 12.6 Å². The van der Waals surface area contributed by atoms with Gasteiger partial charge in [0, 0.05) is 0 Å². The highest BCUT2D eigenvalue weighted by atomic mass is 19.1. The lowest BCUT2D eigenvalue weighted by molar-refractivity contribution is 0.339. The van der Waals surface area contributed by atoms with Gasteiger partial charge >= 0.3 is 0 Å². The molecule has 0 fully saturated rings. The molecule has 4 heteroatoms. The first-order valence-corrected chi connectivity index (χ1v) is 7.08. The normalized spacial score (nSPS) is 12.2. The van der Waals surface area contributed by atoms with Gasteiger partial charge in [-0.1, -0.05) is 18.2 Å². The summed E-state index contributed by atoms with van der Waals surface area (Å²) in [6, 6.07) is 12.6. The second kappa shape index (κ2) is 7.20. The van der Waals surface area contributed by atoms with E-state index in [1.807, 2.05) is 38.1 Å². The third-order valence-electron chi connectivity index (χ3n) is 3.50. The van der Waals surface area contributed by atoms with Crippen LogP contribution in [0.15, 0.2) is 42.5 Å². The molecule has 1 unspecified atom stereocenters. The van der Waals surface area contributed by atoms with Gasteiger partial charge in [-0.2, -0.15) is 0 Å². The molecule has 0 aliphatic carbocycles. The van der Waals surface area contributed by atoms with Crippen LogP contribution in [0.3, 0.4) is 0 Å². The first kappa shape index (κ1) is 15.5. The second-order valence-corrected chi connectivity index (χ2v) is 5.00. The van der Waals surface area contributed by atoms with Crippen LogP contribution in [0.2, 0.25) is 0 Å². The van der Waals surface area contributed by atoms with E-state index in [1.54, 1.807) is 12.1 Å². The monoisotopic (exact) mass is 288 g/mol. The molecule has 3 N–H and O–H groups in total. The fraction of sp³-hybridized carbons (Fsp3) is 0.294. The molecule has 0 radical (unpaired) electrons. The SMILES string of the molecule is CCOc1cccc(C(Cc2ccc(F)cc2C)NN)c1. The van der Waals surface area contributed by atoms with Gasteiger partial charge in [0.1, 0.15) is 11.6 Å². The largest absolute Gasteiger partial charge is 0.494 e. The molecule has 0 bridgehead atoms. The summed E-state index contributed by atoms with van der Waals surface area (Å²) in [5.74, 6) is 6.30. The number of rotatable bonds is 6. The van der Waals surface area contributed by atoms with E-state index < -0.39 is 0 Å². The molecule has 0 saturated carbocycles. The Bertz CT molecular complexity index is 601. The van der Waals surface area contributed by atoms with Crippen molar-refractivity contribution in [1.82, 2.24) is 5.43 Å². The van der Waals surface area contributed by atoms with Crippen molar-refractivity contribution in [2.75, 3.05) is 6.61 Å². The van der Waals surface area contributed by atoms with Crippen LogP contribution < -0.4 is 16.0 Å². The van der Waals surface area contributed by atoms with Gasteiger partial charge in [-0.05, 0) is 61.2 Å². The molecule has 21 heavy (non-hydrogen) atoms. The van der Waals surface area contributed by atoms with E-state index in [4.69, 9.17) is 10.6 Å². The molecule has 112 valence electrons. The topological polar surface area (TPSA) is 47.3 Å². The summed E-state index contributed by atoms with van der Waals surface area (Å²) < 4.78 is 18.7. The molecule has 0 saturated heterocycles. The van der Waals surface area contributed by atoms with Crippen LogP contribution in [-0.2, 0) is 6.42 Å². The van der Waals surface area contributed by atoms with Crippen LogP contribution in [0, 0.1) is 12.7 Å². The highest BCUT2D eigenvalue weighted by Crippen LogP contribution is 2.23. The molecule has 0 aliphatic heterocycles. The molecule has 1 atom stereocenters. The third kappa shape index (κ3) is 4.03. The van der Waals surface area contributed by atoms with E-state index in [9.17, 15) is 4.39 Å². The molecule has 0 heterocycles. The Morgan fingerprint density at radius 3 is 2.71 bits per heavy atom. The molecular formula is C17H21FN2O. The summed E-state index contributed by atoms with van der Waals surface area (Å²) in [6.45, 7) is 4.48. The maximum atomic E-state index is 13.2. The summed E-state index contributed by atoms with van der Waals surface area (Å²) in [5, 5.41) is 0. The maximum absolute atomic E-state index is 13.2. The van der Waals surface area contributed by atoms with Crippen molar-refractivity contribution < 1.29 is 9.13 Å². The Labute approximate surface area is 124 Å².